The number of rotatable bonds is 8. The van der Waals surface area contributed by atoms with E-state index in [0.29, 0.717) is 0 Å². The summed E-state index contributed by atoms with van der Waals surface area (Å²) in [7, 11) is 0. The summed E-state index contributed by atoms with van der Waals surface area (Å²) in [6, 6.07) is 4.12. The Morgan fingerprint density at radius 3 is 2.82 bits per heavy atom. The summed E-state index contributed by atoms with van der Waals surface area (Å²) in [5, 5.41) is 3.23. The first-order valence-corrected chi connectivity index (χ1v) is 6.34. The molecule has 0 atom stereocenters. The second kappa shape index (κ2) is 7.90. The molecular weight excluding hydrogens is 214 g/mol. The van der Waals surface area contributed by atoms with Gasteiger partial charge in [-0.2, -0.15) is 0 Å². The minimum atomic E-state index is 0.767. The normalized spacial score (nSPS) is 10.3. The number of aromatic nitrogens is 1. The van der Waals surface area contributed by atoms with Gasteiger partial charge in [-0.25, -0.2) is 4.98 Å². The van der Waals surface area contributed by atoms with Crippen molar-refractivity contribution in [3.8, 4) is 0 Å². The van der Waals surface area contributed by atoms with Crippen LogP contribution in [0.5, 0.6) is 0 Å². The summed E-state index contributed by atoms with van der Waals surface area (Å²) in [5.74, 6) is 0.930. The molecule has 4 nitrogen and oxygen atoms in total. The zero-order valence-corrected chi connectivity index (χ0v) is 11.1. The largest absolute Gasteiger partial charge is 0.380 e. The van der Waals surface area contributed by atoms with E-state index in [4.69, 9.17) is 4.74 Å². The van der Waals surface area contributed by atoms with Gasteiger partial charge in [0.15, 0.2) is 0 Å². The molecule has 0 bridgehead atoms. The summed E-state index contributed by atoms with van der Waals surface area (Å²) in [6.45, 7) is 10.6. The fourth-order valence-electron chi connectivity index (χ4n) is 1.68. The van der Waals surface area contributed by atoms with Crippen LogP contribution in [0.25, 0.3) is 0 Å². The first-order valence-electron chi connectivity index (χ1n) is 6.34. The molecular formula is C13H23N3O. The van der Waals surface area contributed by atoms with Gasteiger partial charge in [-0.3, -0.25) is 0 Å². The first kappa shape index (κ1) is 13.8. The van der Waals surface area contributed by atoms with Crippen molar-refractivity contribution in [3.05, 3.63) is 18.3 Å². The Balaban J connectivity index is 2.63. The topological polar surface area (TPSA) is 37.4 Å². The van der Waals surface area contributed by atoms with Crippen LogP contribution in [0.2, 0.25) is 0 Å². The summed E-state index contributed by atoms with van der Waals surface area (Å²) >= 11 is 0. The molecule has 1 N–H and O–H groups in total. The zero-order valence-electron chi connectivity index (χ0n) is 11.1. The van der Waals surface area contributed by atoms with Crippen LogP contribution in [0.1, 0.15) is 20.8 Å². The third kappa shape index (κ3) is 4.61. The fourth-order valence-corrected chi connectivity index (χ4v) is 1.68. The molecule has 0 fully saturated rings. The molecule has 17 heavy (non-hydrogen) atoms. The Morgan fingerprint density at radius 1 is 1.35 bits per heavy atom. The molecule has 1 rings (SSSR count). The van der Waals surface area contributed by atoms with Crippen LogP contribution in [0.15, 0.2) is 18.3 Å². The predicted octanol–water partition coefficient (Wildman–Crippen LogP) is 2.38. The molecule has 96 valence electrons. The quantitative estimate of drug-likeness (QED) is 0.704. The predicted molar refractivity (Wildman–Crippen MR) is 72.8 cm³/mol. The Labute approximate surface area is 104 Å². The van der Waals surface area contributed by atoms with Crippen LogP contribution in [0.3, 0.4) is 0 Å². The van der Waals surface area contributed by atoms with E-state index in [0.717, 1.165) is 38.7 Å². The van der Waals surface area contributed by atoms with Crippen LogP contribution in [-0.2, 0) is 4.74 Å². The molecule has 1 aromatic heterocycles. The zero-order chi connectivity index (χ0) is 12.5. The second-order valence-electron chi connectivity index (χ2n) is 3.71. The van der Waals surface area contributed by atoms with Crippen molar-refractivity contribution in [2.75, 3.05) is 43.1 Å². The summed E-state index contributed by atoms with van der Waals surface area (Å²) < 4.78 is 5.39. The highest BCUT2D eigenvalue weighted by atomic mass is 16.5. The van der Waals surface area contributed by atoms with Gasteiger partial charge >= 0.3 is 0 Å². The second-order valence-corrected chi connectivity index (χ2v) is 3.71. The monoisotopic (exact) mass is 237 g/mol. The number of hydrogen-bond donors (Lipinski definition) is 1. The van der Waals surface area contributed by atoms with Crippen molar-refractivity contribution < 1.29 is 4.74 Å². The number of nitrogens with one attached hydrogen (secondary N) is 1. The SMILES string of the molecule is CCNc1cc(N(CC)CCOCC)ccn1. The molecule has 0 aliphatic heterocycles. The van der Waals surface area contributed by atoms with Crippen molar-refractivity contribution in [2.45, 2.75) is 20.8 Å². The van der Waals surface area contributed by atoms with Crippen molar-refractivity contribution in [1.29, 1.82) is 0 Å². The number of pyridine rings is 1. The summed E-state index contributed by atoms with van der Waals surface area (Å²) in [6.07, 6.45) is 1.84. The lowest BCUT2D eigenvalue weighted by Crippen LogP contribution is -2.27. The van der Waals surface area contributed by atoms with Crippen molar-refractivity contribution in [1.82, 2.24) is 4.98 Å². The standard InChI is InChI=1S/C13H23N3O/c1-4-14-13-11-12(7-8-15-13)16(5-2)9-10-17-6-3/h7-8,11H,4-6,9-10H2,1-3H3,(H,14,15). The molecule has 0 unspecified atom stereocenters. The van der Waals surface area contributed by atoms with Crippen molar-refractivity contribution in [3.63, 3.8) is 0 Å². The van der Waals surface area contributed by atoms with E-state index in [9.17, 15) is 0 Å². The smallest absolute Gasteiger partial charge is 0.127 e. The number of nitrogens with zero attached hydrogens (tertiary/aromatic N) is 2. The molecule has 0 amide bonds. The molecule has 1 heterocycles. The highest BCUT2D eigenvalue weighted by Gasteiger charge is 2.05. The van der Waals surface area contributed by atoms with Gasteiger partial charge in [0.1, 0.15) is 5.82 Å². The van der Waals surface area contributed by atoms with Crippen molar-refractivity contribution in [2.24, 2.45) is 0 Å². The Morgan fingerprint density at radius 2 is 2.18 bits per heavy atom. The molecule has 0 saturated heterocycles. The van der Waals surface area contributed by atoms with Crippen LogP contribution in [-0.4, -0.2) is 37.8 Å². The van der Waals surface area contributed by atoms with Crippen LogP contribution in [0.4, 0.5) is 11.5 Å². The first-order chi connectivity index (χ1) is 8.31. The fraction of sp³-hybridized carbons (Fsp3) is 0.615. The number of anilines is 2. The highest BCUT2D eigenvalue weighted by molar-refractivity contribution is 5.53. The maximum atomic E-state index is 5.39. The molecule has 0 radical (unpaired) electrons. The molecule has 0 saturated carbocycles. The average molecular weight is 237 g/mol. The molecule has 0 aliphatic rings. The lowest BCUT2D eigenvalue weighted by Gasteiger charge is -2.23. The van der Waals surface area contributed by atoms with E-state index in [1.54, 1.807) is 0 Å². The molecule has 1 aromatic rings. The average Bonchev–Trinajstić information content (AvgIpc) is 2.35. The van der Waals surface area contributed by atoms with E-state index in [-0.39, 0.29) is 0 Å². The molecule has 0 aliphatic carbocycles. The Bertz CT molecular complexity index is 317. The van der Waals surface area contributed by atoms with E-state index in [2.05, 4.69) is 35.1 Å². The van der Waals surface area contributed by atoms with Gasteiger partial charge in [0.05, 0.1) is 6.61 Å². The van der Waals surface area contributed by atoms with Gasteiger partial charge in [-0.05, 0) is 26.8 Å². The molecule has 0 aromatic carbocycles. The van der Waals surface area contributed by atoms with Gasteiger partial charge in [0.2, 0.25) is 0 Å². The number of likely N-dealkylation sites (N-methyl/N-ethyl adjacent to an activating group) is 1. The van der Waals surface area contributed by atoms with Gasteiger partial charge in [0, 0.05) is 44.2 Å². The van der Waals surface area contributed by atoms with Crippen LogP contribution >= 0.6 is 0 Å². The van der Waals surface area contributed by atoms with E-state index in [1.807, 2.05) is 19.2 Å². The summed E-state index contributed by atoms with van der Waals surface area (Å²) in [5.41, 5.74) is 1.19. The lowest BCUT2D eigenvalue weighted by molar-refractivity contribution is 0.154. The number of hydrogen-bond acceptors (Lipinski definition) is 4. The lowest BCUT2D eigenvalue weighted by atomic mass is 10.3. The Hall–Kier alpha value is -1.29. The highest BCUT2D eigenvalue weighted by Crippen LogP contribution is 2.16. The van der Waals surface area contributed by atoms with Crippen LogP contribution in [0, 0.1) is 0 Å². The van der Waals surface area contributed by atoms with Crippen molar-refractivity contribution >= 4 is 11.5 Å². The van der Waals surface area contributed by atoms with Crippen LogP contribution < -0.4 is 10.2 Å². The van der Waals surface area contributed by atoms with Gasteiger partial charge in [-0.1, -0.05) is 0 Å². The van der Waals surface area contributed by atoms with E-state index in [1.165, 1.54) is 5.69 Å². The third-order valence-electron chi connectivity index (χ3n) is 2.56. The molecule has 0 spiro atoms. The maximum absolute atomic E-state index is 5.39. The number of ether oxygens (including phenoxy) is 1. The minimum Gasteiger partial charge on any atom is -0.380 e. The van der Waals surface area contributed by atoms with E-state index >= 15 is 0 Å². The summed E-state index contributed by atoms with van der Waals surface area (Å²) in [4.78, 5) is 6.56. The maximum Gasteiger partial charge on any atom is 0.127 e. The third-order valence-corrected chi connectivity index (χ3v) is 2.56. The Kier molecular flexibility index (Phi) is 6.40. The van der Waals surface area contributed by atoms with Gasteiger partial charge < -0.3 is 15.0 Å². The molecule has 4 heteroatoms. The van der Waals surface area contributed by atoms with E-state index < -0.39 is 0 Å². The van der Waals surface area contributed by atoms with Gasteiger partial charge in [-0.15, -0.1) is 0 Å². The minimum absolute atomic E-state index is 0.767. The van der Waals surface area contributed by atoms with Gasteiger partial charge in [0.25, 0.3) is 0 Å².